The van der Waals surface area contributed by atoms with Gasteiger partial charge in [-0.2, -0.15) is 0 Å². The summed E-state index contributed by atoms with van der Waals surface area (Å²) in [5.41, 5.74) is 4.22. The van der Waals surface area contributed by atoms with Gasteiger partial charge < -0.3 is 0 Å². The number of aromatic nitrogens is 3. The number of pyridine rings is 1. The van der Waals surface area contributed by atoms with Crippen molar-refractivity contribution in [1.29, 1.82) is 0 Å². The van der Waals surface area contributed by atoms with E-state index in [4.69, 9.17) is 26.6 Å². The number of thioether (sulfide) groups is 1. The van der Waals surface area contributed by atoms with Crippen molar-refractivity contribution in [1.82, 2.24) is 15.0 Å². The maximum absolute atomic E-state index is 13.4. The van der Waals surface area contributed by atoms with Gasteiger partial charge in [0.1, 0.15) is 15.7 Å². The molecule has 0 bridgehead atoms. The number of aryl methyl sites for hydroxylation is 2. The summed E-state index contributed by atoms with van der Waals surface area (Å²) in [4.78, 5) is 16.4. The number of nitrogens with zero attached hydrogens (tertiary/aromatic N) is 3. The Labute approximate surface area is 202 Å². The molecule has 0 radical (unpaired) electrons. The fourth-order valence-electron chi connectivity index (χ4n) is 3.41. The first-order valence-corrected chi connectivity index (χ1v) is 12.8. The predicted molar refractivity (Wildman–Crippen MR) is 134 cm³/mol. The molecule has 0 saturated heterocycles. The molecule has 0 amide bonds. The van der Waals surface area contributed by atoms with Gasteiger partial charge in [0.15, 0.2) is 5.16 Å². The summed E-state index contributed by atoms with van der Waals surface area (Å²) >= 11 is 10.7. The summed E-state index contributed by atoms with van der Waals surface area (Å²) in [5, 5.41) is 3.36. The molecule has 0 spiro atoms. The van der Waals surface area contributed by atoms with E-state index in [0.717, 1.165) is 58.0 Å². The summed E-state index contributed by atoms with van der Waals surface area (Å²) in [6, 6.07) is 16.4. The van der Waals surface area contributed by atoms with E-state index in [2.05, 4.69) is 13.0 Å². The zero-order valence-electron chi connectivity index (χ0n) is 17.2. The summed E-state index contributed by atoms with van der Waals surface area (Å²) in [6.07, 6.45) is 0. The van der Waals surface area contributed by atoms with Crippen LogP contribution in [0.15, 0.2) is 69.7 Å². The van der Waals surface area contributed by atoms with Gasteiger partial charge in [-0.15, -0.1) is 11.3 Å². The van der Waals surface area contributed by atoms with Crippen molar-refractivity contribution >= 4 is 66.9 Å². The van der Waals surface area contributed by atoms with Gasteiger partial charge in [0.2, 0.25) is 0 Å². The quantitative estimate of drug-likeness (QED) is 0.139. The lowest BCUT2D eigenvalue weighted by atomic mass is 10.1. The molecule has 8 heteroatoms. The first-order chi connectivity index (χ1) is 15.5. The van der Waals surface area contributed by atoms with Crippen molar-refractivity contribution in [3.63, 3.8) is 0 Å². The van der Waals surface area contributed by atoms with E-state index in [1.54, 1.807) is 35.2 Å². The molecule has 0 unspecified atom stereocenters. The van der Waals surface area contributed by atoms with Crippen molar-refractivity contribution < 1.29 is 4.39 Å². The largest absolute Gasteiger partial charge is 0.242 e. The Morgan fingerprint density at radius 3 is 2.47 bits per heavy atom. The van der Waals surface area contributed by atoms with Crippen LogP contribution >= 0.6 is 46.5 Å². The summed E-state index contributed by atoms with van der Waals surface area (Å²) < 4.78 is 14.4. The first kappa shape index (κ1) is 21.6. The van der Waals surface area contributed by atoms with Crippen LogP contribution in [0.5, 0.6) is 0 Å². The minimum Gasteiger partial charge on any atom is -0.242 e. The number of hydrogen-bond donors (Lipinski definition) is 0. The topological polar surface area (TPSA) is 38.7 Å². The Bertz CT molecular complexity index is 1430. The minimum absolute atomic E-state index is 0.251. The molecule has 0 saturated carbocycles. The Morgan fingerprint density at radius 2 is 1.72 bits per heavy atom. The van der Waals surface area contributed by atoms with Crippen molar-refractivity contribution in [2.45, 2.75) is 34.7 Å². The molecule has 32 heavy (non-hydrogen) atoms. The lowest BCUT2D eigenvalue weighted by molar-refractivity contribution is 0.626. The Balaban J connectivity index is 1.60. The van der Waals surface area contributed by atoms with Gasteiger partial charge in [0.05, 0.1) is 10.2 Å². The van der Waals surface area contributed by atoms with Crippen molar-refractivity contribution in [2.75, 3.05) is 0 Å². The molecule has 3 aromatic heterocycles. The second-order valence-corrected chi connectivity index (χ2v) is 10.8. The second-order valence-electron chi connectivity index (χ2n) is 7.32. The number of benzene rings is 2. The van der Waals surface area contributed by atoms with Gasteiger partial charge in [-0.3, -0.25) is 0 Å². The smallest absolute Gasteiger partial charge is 0.189 e. The van der Waals surface area contributed by atoms with E-state index in [1.807, 2.05) is 31.2 Å². The molecule has 3 heterocycles. The first-order valence-electron chi connectivity index (χ1n) is 9.85. The van der Waals surface area contributed by atoms with E-state index in [0.29, 0.717) is 5.16 Å². The minimum atomic E-state index is -0.251. The molecule has 3 nitrogen and oxygen atoms in total. The van der Waals surface area contributed by atoms with Crippen molar-refractivity contribution in [2.24, 2.45) is 0 Å². The van der Waals surface area contributed by atoms with Gasteiger partial charge in [-0.25, -0.2) is 19.3 Å². The lowest BCUT2D eigenvalue weighted by Gasteiger charge is -2.07. The fourth-order valence-corrected chi connectivity index (χ4v) is 6.58. The van der Waals surface area contributed by atoms with Gasteiger partial charge in [-0.05, 0) is 67.4 Å². The molecule has 0 N–H and O–H groups in total. The monoisotopic (exact) mass is 497 g/mol. The van der Waals surface area contributed by atoms with Crippen LogP contribution in [-0.2, 0) is 5.75 Å². The highest BCUT2D eigenvalue weighted by atomic mass is 35.5. The highest BCUT2D eigenvalue weighted by Gasteiger charge is 2.18. The van der Waals surface area contributed by atoms with Gasteiger partial charge >= 0.3 is 0 Å². The maximum Gasteiger partial charge on any atom is 0.189 e. The molecule has 0 atom stereocenters. The lowest BCUT2D eigenvalue weighted by Crippen LogP contribution is -1.92. The SMILES string of the molecule is Cc1cc(C)c2c(n1)sc1c(Sc3ccc(F)cc3)nc(SCc3ccc(Cl)cc3)nc12. The van der Waals surface area contributed by atoms with E-state index in [-0.39, 0.29) is 5.82 Å². The maximum atomic E-state index is 13.4. The Kier molecular flexibility index (Phi) is 6.07. The number of rotatable bonds is 5. The van der Waals surface area contributed by atoms with Gasteiger partial charge in [-0.1, -0.05) is 47.3 Å². The molecular weight excluding hydrogens is 481 g/mol. The average Bonchev–Trinajstić information content (AvgIpc) is 3.14. The number of halogens is 2. The average molecular weight is 498 g/mol. The van der Waals surface area contributed by atoms with Crippen LogP contribution in [0.1, 0.15) is 16.8 Å². The molecule has 5 rings (SSSR count). The number of fused-ring (bicyclic) bond motifs is 3. The number of hydrogen-bond acceptors (Lipinski definition) is 6. The van der Waals surface area contributed by atoms with Crippen LogP contribution < -0.4 is 0 Å². The molecule has 5 aromatic rings. The third-order valence-corrected chi connectivity index (χ3v) is 8.25. The highest BCUT2D eigenvalue weighted by Crippen LogP contribution is 2.41. The third kappa shape index (κ3) is 4.48. The Hall–Kier alpha value is -2.19. The van der Waals surface area contributed by atoms with E-state index < -0.39 is 0 Å². The molecule has 0 aliphatic heterocycles. The predicted octanol–water partition coefficient (Wildman–Crippen LogP) is 8.09. The van der Waals surface area contributed by atoms with E-state index in [1.165, 1.54) is 23.9 Å². The van der Waals surface area contributed by atoms with Crippen LogP contribution in [0, 0.1) is 19.7 Å². The number of thiophene rings is 1. The molecule has 160 valence electrons. The van der Waals surface area contributed by atoms with Crippen LogP contribution in [0.2, 0.25) is 5.02 Å². The summed E-state index contributed by atoms with van der Waals surface area (Å²) in [5.74, 6) is 0.487. The van der Waals surface area contributed by atoms with E-state index in [9.17, 15) is 4.39 Å². The molecule has 2 aromatic carbocycles. The van der Waals surface area contributed by atoms with E-state index >= 15 is 0 Å². The molecule has 0 aliphatic rings. The van der Waals surface area contributed by atoms with Crippen LogP contribution in [-0.4, -0.2) is 15.0 Å². The fraction of sp³-hybridized carbons (Fsp3) is 0.125. The molecule has 0 aliphatic carbocycles. The zero-order chi connectivity index (χ0) is 22.2. The normalized spacial score (nSPS) is 11.5. The van der Waals surface area contributed by atoms with Gasteiger partial charge in [0.25, 0.3) is 0 Å². The zero-order valence-corrected chi connectivity index (χ0v) is 20.4. The van der Waals surface area contributed by atoms with Crippen LogP contribution in [0.25, 0.3) is 20.4 Å². The summed E-state index contributed by atoms with van der Waals surface area (Å²) in [6.45, 7) is 4.10. The highest BCUT2D eigenvalue weighted by molar-refractivity contribution is 8.00. The standard InChI is InChI=1S/C24H17ClFN3S3/c1-13-11-14(2)27-22-19(13)20-21(32-22)23(31-18-9-7-17(26)8-10-18)29-24(28-20)30-12-15-3-5-16(25)6-4-15/h3-11H,12H2,1-2H3. The molecule has 0 fully saturated rings. The second kappa shape index (κ2) is 8.98. The van der Waals surface area contributed by atoms with Crippen molar-refractivity contribution in [3.05, 3.63) is 82.3 Å². The Morgan fingerprint density at radius 1 is 0.969 bits per heavy atom. The van der Waals surface area contributed by atoms with Crippen LogP contribution in [0.4, 0.5) is 4.39 Å². The third-order valence-electron chi connectivity index (χ3n) is 4.87. The van der Waals surface area contributed by atoms with Crippen LogP contribution in [0.3, 0.4) is 0 Å². The van der Waals surface area contributed by atoms with Crippen molar-refractivity contribution in [3.8, 4) is 0 Å². The van der Waals surface area contributed by atoms with Gasteiger partial charge in [0, 0.05) is 26.8 Å². The summed E-state index contributed by atoms with van der Waals surface area (Å²) in [7, 11) is 0. The molecular formula is C24H17ClFN3S3.